The van der Waals surface area contributed by atoms with Crippen LogP contribution in [0.25, 0.3) is 10.9 Å². The molecule has 3 N–H and O–H groups in total. The highest BCUT2D eigenvalue weighted by Crippen LogP contribution is 2.57. The van der Waals surface area contributed by atoms with Crippen LogP contribution < -0.4 is 4.52 Å². The summed E-state index contributed by atoms with van der Waals surface area (Å²) in [4.78, 5) is 30.3. The molecule has 8 nitrogen and oxygen atoms in total. The maximum atomic E-state index is 11.5. The Morgan fingerprint density at radius 1 is 1.15 bits per heavy atom. The van der Waals surface area contributed by atoms with Crippen LogP contribution in [0.1, 0.15) is 0 Å². The minimum Gasteiger partial charge on any atom is -0.402 e. The summed E-state index contributed by atoms with van der Waals surface area (Å²) >= 11 is 5.92. The van der Waals surface area contributed by atoms with Gasteiger partial charge in [-0.05, 0) is 24.3 Å². The van der Waals surface area contributed by atoms with Crippen molar-refractivity contribution in [1.29, 1.82) is 0 Å². The Morgan fingerprint density at radius 2 is 1.85 bits per heavy atom. The predicted octanol–water partition coefficient (Wildman–Crippen LogP) is 2.48. The van der Waals surface area contributed by atoms with E-state index in [4.69, 9.17) is 21.4 Å². The number of rotatable bonds is 4. The first kappa shape index (κ1) is 15.4. The van der Waals surface area contributed by atoms with Gasteiger partial charge in [0.15, 0.2) is 5.75 Å². The van der Waals surface area contributed by atoms with Crippen molar-refractivity contribution in [2.24, 2.45) is 0 Å². The summed E-state index contributed by atoms with van der Waals surface area (Å²) in [6.07, 6.45) is 1.40. The van der Waals surface area contributed by atoms with Gasteiger partial charge in [0.05, 0.1) is 5.02 Å². The van der Waals surface area contributed by atoms with Gasteiger partial charge in [-0.3, -0.25) is 9.88 Å². The maximum Gasteiger partial charge on any atom is 0.536 e. The fraction of sp³-hybridized carbons (Fsp3) is 0. The summed E-state index contributed by atoms with van der Waals surface area (Å²) in [6.45, 7) is 0. The second-order valence-corrected chi connectivity index (χ2v) is 6.74. The first-order valence-electron chi connectivity index (χ1n) is 5.00. The van der Waals surface area contributed by atoms with Crippen molar-refractivity contribution >= 4 is 38.1 Å². The summed E-state index contributed by atoms with van der Waals surface area (Å²) in [7, 11) is -10.2. The first-order chi connectivity index (χ1) is 9.18. The smallest absolute Gasteiger partial charge is 0.402 e. The maximum absolute atomic E-state index is 11.5. The molecule has 2 aromatic rings. The number of phosphoric acid groups is 2. The number of hydrogen-bond acceptors (Lipinski definition) is 5. The van der Waals surface area contributed by atoms with Crippen LogP contribution in [-0.4, -0.2) is 19.7 Å². The van der Waals surface area contributed by atoms with E-state index in [2.05, 4.69) is 13.8 Å². The third kappa shape index (κ3) is 3.77. The van der Waals surface area contributed by atoms with Gasteiger partial charge in [0.1, 0.15) is 5.52 Å². The number of fused-ring (bicyclic) bond motifs is 1. The molecule has 1 aromatic carbocycles. The van der Waals surface area contributed by atoms with Crippen molar-refractivity contribution in [1.82, 2.24) is 4.98 Å². The highest BCUT2D eigenvalue weighted by molar-refractivity contribution is 7.60. The van der Waals surface area contributed by atoms with Crippen LogP contribution in [0.4, 0.5) is 0 Å². The molecule has 1 atom stereocenters. The molecule has 20 heavy (non-hydrogen) atoms. The average molecular weight is 340 g/mol. The molecule has 0 spiro atoms. The molecule has 1 heterocycles. The topological polar surface area (TPSA) is 126 Å². The fourth-order valence-electron chi connectivity index (χ4n) is 1.46. The zero-order chi connectivity index (χ0) is 15.0. The summed E-state index contributed by atoms with van der Waals surface area (Å²) in [5.41, 5.74) is 0.156. The van der Waals surface area contributed by atoms with Crippen molar-refractivity contribution < 1.29 is 32.6 Å². The molecule has 11 heteroatoms. The number of phosphoric ester groups is 1. The van der Waals surface area contributed by atoms with E-state index in [9.17, 15) is 14.0 Å². The molecule has 0 amide bonds. The SMILES string of the molecule is O=P(O)(O)OP(=O)(O)Oc1ccc(Cl)c2cccnc12. The Hall–Kier alpha value is -0.980. The van der Waals surface area contributed by atoms with E-state index in [1.807, 2.05) is 0 Å². The minimum absolute atomic E-state index is 0.156. The molecule has 1 unspecified atom stereocenters. The molecule has 0 fully saturated rings. The molecule has 0 aliphatic carbocycles. The molecular weight excluding hydrogens is 332 g/mol. The number of benzene rings is 1. The predicted molar refractivity (Wildman–Crippen MR) is 70.3 cm³/mol. The van der Waals surface area contributed by atoms with Gasteiger partial charge in [-0.1, -0.05) is 11.6 Å². The van der Waals surface area contributed by atoms with Crippen molar-refractivity contribution in [3.05, 3.63) is 35.5 Å². The lowest BCUT2D eigenvalue weighted by atomic mass is 10.2. The van der Waals surface area contributed by atoms with Crippen LogP contribution >= 0.6 is 27.2 Å². The molecule has 0 aliphatic heterocycles. The highest BCUT2D eigenvalue weighted by Gasteiger charge is 2.34. The second-order valence-electron chi connectivity index (χ2n) is 3.58. The minimum atomic E-state index is -5.18. The van der Waals surface area contributed by atoms with Crippen molar-refractivity contribution in [3.8, 4) is 5.75 Å². The number of pyridine rings is 1. The lowest BCUT2D eigenvalue weighted by Crippen LogP contribution is -1.97. The lowest BCUT2D eigenvalue weighted by Gasteiger charge is -2.14. The Balaban J connectivity index is 2.42. The highest BCUT2D eigenvalue weighted by atomic mass is 35.5. The Labute approximate surface area is 117 Å². The first-order valence-corrected chi connectivity index (χ1v) is 8.41. The van der Waals surface area contributed by atoms with Gasteiger partial charge in [-0.15, -0.1) is 0 Å². The van der Waals surface area contributed by atoms with E-state index < -0.39 is 15.6 Å². The number of nitrogens with zero attached hydrogens (tertiary/aromatic N) is 1. The molecular formula is C9H8ClNO7P2. The van der Waals surface area contributed by atoms with E-state index >= 15 is 0 Å². The van der Waals surface area contributed by atoms with Crippen LogP contribution in [0.15, 0.2) is 30.5 Å². The molecule has 0 saturated heterocycles. The van der Waals surface area contributed by atoms with Gasteiger partial charge in [0.25, 0.3) is 0 Å². The normalized spacial score (nSPS) is 15.0. The largest absolute Gasteiger partial charge is 0.536 e. The van der Waals surface area contributed by atoms with Crippen LogP contribution in [0.2, 0.25) is 5.02 Å². The third-order valence-corrected chi connectivity index (χ3v) is 4.54. The summed E-state index contributed by atoms with van der Waals surface area (Å²) in [5.74, 6) is -0.190. The number of aromatic nitrogens is 1. The molecule has 0 saturated carbocycles. The van der Waals surface area contributed by atoms with Crippen molar-refractivity contribution in [2.75, 3.05) is 0 Å². The summed E-state index contributed by atoms with van der Waals surface area (Å²) < 4.78 is 30.4. The van der Waals surface area contributed by atoms with Crippen molar-refractivity contribution in [2.45, 2.75) is 0 Å². The van der Waals surface area contributed by atoms with Crippen LogP contribution in [0.3, 0.4) is 0 Å². The van der Waals surface area contributed by atoms with Gasteiger partial charge < -0.3 is 14.3 Å². The molecule has 0 bridgehead atoms. The summed E-state index contributed by atoms with van der Waals surface area (Å²) in [5, 5.41) is 0.784. The Kier molecular flexibility index (Phi) is 4.18. The van der Waals surface area contributed by atoms with E-state index in [0.717, 1.165) is 0 Å². The zero-order valence-electron chi connectivity index (χ0n) is 9.58. The van der Waals surface area contributed by atoms with E-state index in [0.29, 0.717) is 10.4 Å². The van der Waals surface area contributed by atoms with Gasteiger partial charge in [0, 0.05) is 11.6 Å². The Bertz CT molecular complexity index is 746. The van der Waals surface area contributed by atoms with Gasteiger partial charge in [-0.25, -0.2) is 9.13 Å². The van der Waals surface area contributed by atoms with E-state index in [1.165, 1.54) is 18.3 Å². The average Bonchev–Trinajstić information content (AvgIpc) is 2.30. The molecule has 0 aliphatic rings. The second kappa shape index (κ2) is 5.42. The van der Waals surface area contributed by atoms with E-state index in [-0.39, 0.29) is 11.3 Å². The molecule has 108 valence electrons. The monoisotopic (exact) mass is 339 g/mol. The molecule has 1 aromatic heterocycles. The van der Waals surface area contributed by atoms with Crippen LogP contribution in [-0.2, 0) is 13.4 Å². The molecule has 0 radical (unpaired) electrons. The Morgan fingerprint density at radius 3 is 2.50 bits per heavy atom. The van der Waals surface area contributed by atoms with Crippen LogP contribution in [0, 0.1) is 0 Å². The number of hydrogen-bond donors (Lipinski definition) is 3. The van der Waals surface area contributed by atoms with E-state index in [1.54, 1.807) is 12.1 Å². The lowest BCUT2D eigenvalue weighted by molar-refractivity contribution is 0.230. The third-order valence-electron chi connectivity index (χ3n) is 2.10. The quantitative estimate of drug-likeness (QED) is 0.725. The molecule has 2 rings (SSSR count). The van der Waals surface area contributed by atoms with Crippen LogP contribution in [0.5, 0.6) is 5.75 Å². The number of halogens is 1. The van der Waals surface area contributed by atoms with Gasteiger partial charge in [0.2, 0.25) is 0 Å². The van der Waals surface area contributed by atoms with Crippen molar-refractivity contribution in [3.63, 3.8) is 0 Å². The van der Waals surface area contributed by atoms with Gasteiger partial charge >= 0.3 is 15.6 Å². The summed E-state index contributed by atoms with van der Waals surface area (Å²) in [6, 6.07) is 5.83. The standard InChI is InChI=1S/C9H8ClNO7P2/c10-7-3-4-8(9-6(7)2-1-5-11-9)17-20(15,16)18-19(12,13)14/h1-5H,(H,15,16)(H2,12,13,14). The van der Waals surface area contributed by atoms with Gasteiger partial charge in [-0.2, -0.15) is 4.31 Å². The zero-order valence-corrected chi connectivity index (χ0v) is 12.1. The fourth-order valence-corrected chi connectivity index (χ4v) is 3.28.